The summed E-state index contributed by atoms with van der Waals surface area (Å²) in [4.78, 5) is 20.6. The molecule has 5 heteroatoms. The van der Waals surface area contributed by atoms with Crippen molar-refractivity contribution in [1.29, 1.82) is 0 Å². The highest BCUT2D eigenvalue weighted by Crippen LogP contribution is 2.25. The topological polar surface area (TPSA) is 80.4 Å². The van der Waals surface area contributed by atoms with Crippen molar-refractivity contribution in [2.45, 2.75) is 25.7 Å². The van der Waals surface area contributed by atoms with E-state index < -0.39 is 10.9 Å². The molecule has 1 atom stereocenters. The summed E-state index contributed by atoms with van der Waals surface area (Å²) in [5.74, 6) is -0.941. The van der Waals surface area contributed by atoms with Crippen LogP contribution in [0, 0.1) is 10.1 Å². The van der Waals surface area contributed by atoms with Crippen molar-refractivity contribution in [3.63, 3.8) is 0 Å². The lowest BCUT2D eigenvalue weighted by Gasteiger charge is -2.12. The van der Waals surface area contributed by atoms with Crippen LogP contribution in [0.2, 0.25) is 0 Å². The van der Waals surface area contributed by atoms with E-state index >= 15 is 0 Å². The van der Waals surface area contributed by atoms with Gasteiger partial charge >= 0.3 is 5.97 Å². The zero-order valence-corrected chi connectivity index (χ0v) is 8.92. The van der Waals surface area contributed by atoms with E-state index in [9.17, 15) is 14.9 Å². The zero-order chi connectivity index (χ0) is 12.1. The van der Waals surface area contributed by atoms with E-state index in [4.69, 9.17) is 5.11 Å². The zero-order valence-electron chi connectivity index (χ0n) is 8.92. The normalized spacial score (nSPS) is 12.1. The first-order chi connectivity index (χ1) is 7.54. The quantitative estimate of drug-likeness (QED) is 0.614. The lowest BCUT2D eigenvalue weighted by atomic mass is 9.93. The smallest absolute Gasteiger partial charge is 0.303 e. The highest BCUT2D eigenvalue weighted by molar-refractivity contribution is 5.68. The molecule has 1 aromatic rings. The monoisotopic (exact) mass is 223 g/mol. The van der Waals surface area contributed by atoms with Gasteiger partial charge in [0.2, 0.25) is 0 Å². The van der Waals surface area contributed by atoms with Gasteiger partial charge in [0.1, 0.15) is 0 Å². The van der Waals surface area contributed by atoms with E-state index in [0.717, 1.165) is 5.56 Å². The molecule has 0 aliphatic heterocycles. The van der Waals surface area contributed by atoms with Crippen molar-refractivity contribution in [2.24, 2.45) is 0 Å². The van der Waals surface area contributed by atoms with Crippen LogP contribution in [0.15, 0.2) is 24.3 Å². The molecule has 86 valence electrons. The van der Waals surface area contributed by atoms with Crippen LogP contribution in [0.4, 0.5) is 5.69 Å². The fourth-order valence-corrected chi connectivity index (χ4v) is 1.58. The van der Waals surface area contributed by atoms with Crippen molar-refractivity contribution >= 4 is 11.7 Å². The van der Waals surface area contributed by atoms with Gasteiger partial charge in [-0.3, -0.25) is 14.9 Å². The number of non-ortho nitro benzene ring substituents is 1. The van der Waals surface area contributed by atoms with Gasteiger partial charge in [-0.2, -0.15) is 0 Å². The van der Waals surface area contributed by atoms with Crippen LogP contribution in [0.25, 0.3) is 0 Å². The lowest BCUT2D eigenvalue weighted by molar-refractivity contribution is -0.384. The first kappa shape index (κ1) is 12.2. The molecule has 0 aromatic heterocycles. The number of benzene rings is 1. The molecule has 0 saturated heterocycles. The summed E-state index contributed by atoms with van der Waals surface area (Å²) in [7, 11) is 0. The lowest BCUT2D eigenvalue weighted by Crippen LogP contribution is -2.05. The second kappa shape index (κ2) is 5.25. The summed E-state index contributed by atoms with van der Waals surface area (Å²) in [6.45, 7) is 1.90. The molecule has 1 rings (SSSR count). The molecule has 0 aliphatic carbocycles. The molecule has 1 N–H and O–H groups in total. The summed E-state index contributed by atoms with van der Waals surface area (Å²) >= 11 is 0. The van der Waals surface area contributed by atoms with Gasteiger partial charge in [0.25, 0.3) is 5.69 Å². The van der Waals surface area contributed by atoms with Crippen LogP contribution in [0.3, 0.4) is 0 Å². The average Bonchev–Trinajstić information content (AvgIpc) is 2.25. The first-order valence-electron chi connectivity index (χ1n) is 5.00. The van der Waals surface area contributed by atoms with E-state index in [2.05, 4.69) is 0 Å². The summed E-state index contributed by atoms with van der Waals surface area (Å²) in [5, 5.41) is 19.2. The summed E-state index contributed by atoms with van der Waals surface area (Å²) in [5.41, 5.74) is 0.851. The van der Waals surface area contributed by atoms with Crippen molar-refractivity contribution in [3.05, 3.63) is 39.9 Å². The van der Waals surface area contributed by atoms with Crippen LogP contribution in [0.5, 0.6) is 0 Å². The maximum Gasteiger partial charge on any atom is 0.303 e. The van der Waals surface area contributed by atoms with E-state index in [1.54, 1.807) is 12.1 Å². The molecule has 0 spiro atoms. The number of carboxylic acids is 1. The Labute approximate surface area is 92.9 Å². The molecule has 0 radical (unpaired) electrons. The summed E-state index contributed by atoms with van der Waals surface area (Å²) < 4.78 is 0. The third-order valence-electron chi connectivity index (χ3n) is 2.49. The molecule has 0 aliphatic rings. The Morgan fingerprint density at radius 2 is 2.00 bits per heavy atom. The second-order valence-corrected chi connectivity index (χ2v) is 3.55. The Hall–Kier alpha value is -1.91. The Balaban J connectivity index is 2.86. The van der Waals surface area contributed by atoms with Gasteiger partial charge in [-0.05, 0) is 17.9 Å². The maximum absolute atomic E-state index is 10.6. The van der Waals surface area contributed by atoms with Crippen molar-refractivity contribution in [2.75, 3.05) is 0 Å². The summed E-state index contributed by atoms with van der Waals surface area (Å²) in [6.07, 6.45) is 0.748. The van der Waals surface area contributed by atoms with Crippen LogP contribution in [-0.2, 0) is 4.79 Å². The number of hydrogen-bond acceptors (Lipinski definition) is 3. The number of hydrogen-bond donors (Lipinski definition) is 1. The number of rotatable bonds is 5. The number of carboxylic acid groups (broad SMARTS) is 1. The molecule has 16 heavy (non-hydrogen) atoms. The highest BCUT2D eigenvalue weighted by atomic mass is 16.6. The van der Waals surface area contributed by atoms with E-state index in [1.807, 2.05) is 6.92 Å². The number of nitrogens with zero attached hydrogens (tertiary/aromatic N) is 1. The van der Waals surface area contributed by atoms with Gasteiger partial charge in [-0.1, -0.05) is 19.1 Å². The van der Waals surface area contributed by atoms with E-state index in [-0.39, 0.29) is 18.0 Å². The number of aliphatic carboxylic acids is 1. The number of nitro benzene ring substituents is 1. The SMILES string of the molecule is CC[C@H](CC(=O)O)c1ccc([N+](=O)[O-])cc1. The second-order valence-electron chi connectivity index (χ2n) is 3.55. The van der Waals surface area contributed by atoms with Crippen LogP contribution in [-0.4, -0.2) is 16.0 Å². The van der Waals surface area contributed by atoms with Crippen LogP contribution in [0.1, 0.15) is 31.2 Å². The highest BCUT2D eigenvalue weighted by Gasteiger charge is 2.14. The van der Waals surface area contributed by atoms with Gasteiger partial charge < -0.3 is 5.11 Å². The van der Waals surface area contributed by atoms with E-state index in [1.165, 1.54) is 12.1 Å². The summed E-state index contributed by atoms with van der Waals surface area (Å²) in [6, 6.07) is 6.05. The molecule has 5 nitrogen and oxygen atoms in total. The number of nitro groups is 1. The standard InChI is InChI=1S/C11H13NO4/c1-2-8(7-11(13)14)9-3-5-10(6-4-9)12(15)16/h3-6,8H,2,7H2,1H3,(H,13,14)/t8-/m1/s1. The largest absolute Gasteiger partial charge is 0.481 e. The fourth-order valence-electron chi connectivity index (χ4n) is 1.58. The molecule has 0 unspecified atom stereocenters. The Morgan fingerprint density at radius 1 is 1.44 bits per heavy atom. The third kappa shape index (κ3) is 3.05. The molecular formula is C11H13NO4. The first-order valence-corrected chi connectivity index (χ1v) is 5.00. The minimum Gasteiger partial charge on any atom is -0.481 e. The molecule has 1 aromatic carbocycles. The predicted molar refractivity (Wildman–Crippen MR) is 58.4 cm³/mol. The minimum atomic E-state index is -0.856. The van der Waals surface area contributed by atoms with Gasteiger partial charge in [-0.25, -0.2) is 0 Å². The van der Waals surface area contributed by atoms with Crippen molar-refractivity contribution < 1.29 is 14.8 Å². The van der Waals surface area contributed by atoms with Crippen molar-refractivity contribution in [1.82, 2.24) is 0 Å². The van der Waals surface area contributed by atoms with Crippen molar-refractivity contribution in [3.8, 4) is 0 Å². The fraction of sp³-hybridized carbons (Fsp3) is 0.364. The molecular weight excluding hydrogens is 210 g/mol. The van der Waals surface area contributed by atoms with Gasteiger partial charge in [0, 0.05) is 12.1 Å². The molecule has 0 bridgehead atoms. The number of carbonyl (C=O) groups is 1. The average molecular weight is 223 g/mol. The Bertz CT molecular complexity index is 385. The molecule has 0 heterocycles. The van der Waals surface area contributed by atoms with Gasteiger partial charge in [0.15, 0.2) is 0 Å². The van der Waals surface area contributed by atoms with E-state index in [0.29, 0.717) is 6.42 Å². The van der Waals surface area contributed by atoms with Gasteiger partial charge in [0.05, 0.1) is 11.3 Å². The van der Waals surface area contributed by atoms with Crippen LogP contribution >= 0.6 is 0 Å². The minimum absolute atomic E-state index is 0.0222. The van der Waals surface area contributed by atoms with Gasteiger partial charge in [-0.15, -0.1) is 0 Å². The molecule has 0 amide bonds. The maximum atomic E-state index is 10.6. The Morgan fingerprint density at radius 3 is 2.38 bits per heavy atom. The van der Waals surface area contributed by atoms with Crippen LogP contribution < -0.4 is 0 Å². The third-order valence-corrected chi connectivity index (χ3v) is 2.49. The predicted octanol–water partition coefficient (Wildman–Crippen LogP) is 2.56. The Kier molecular flexibility index (Phi) is 3.99. The molecule has 0 saturated carbocycles. The molecule has 0 fully saturated rings.